The van der Waals surface area contributed by atoms with Gasteiger partial charge in [0.1, 0.15) is 0 Å². The fourth-order valence-corrected chi connectivity index (χ4v) is 11.2. The predicted octanol–water partition coefficient (Wildman–Crippen LogP) is 11.0. The molecule has 0 fully saturated rings. The zero-order chi connectivity index (χ0) is 31.5. The summed E-state index contributed by atoms with van der Waals surface area (Å²) in [6.45, 7) is 16.4. The molecule has 4 aromatic carbocycles. The van der Waals surface area contributed by atoms with E-state index in [1.807, 2.05) is 19.1 Å². The van der Waals surface area contributed by atoms with E-state index in [0.717, 1.165) is 0 Å². The fraction of sp³-hybridized carbons (Fsp3) is 0.220. The molecule has 0 aliphatic heterocycles. The van der Waals surface area contributed by atoms with Crippen molar-refractivity contribution in [3.05, 3.63) is 155 Å². The molecular formula is C41H46OSiZr. The Balaban J connectivity index is 0.000000347. The van der Waals surface area contributed by atoms with E-state index in [-0.39, 0.29) is 9.76 Å². The van der Waals surface area contributed by atoms with Crippen molar-refractivity contribution in [3.8, 4) is 22.3 Å². The van der Waals surface area contributed by atoms with Gasteiger partial charge < -0.3 is 4.43 Å². The van der Waals surface area contributed by atoms with Crippen molar-refractivity contribution in [2.24, 2.45) is 0 Å². The molecule has 0 radical (unpaired) electrons. The Hall–Kier alpha value is -3.10. The average Bonchev–Trinajstić information content (AvgIpc) is 3.54. The molecule has 2 aliphatic rings. The number of hydrogen-bond donors (Lipinski definition) is 0. The Bertz CT molecular complexity index is 1510. The second-order valence-corrected chi connectivity index (χ2v) is 16.0. The number of rotatable bonds is 7. The van der Waals surface area contributed by atoms with E-state index in [4.69, 9.17) is 4.43 Å². The summed E-state index contributed by atoms with van der Waals surface area (Å²) in [6.07, 6.45) is 11.0. The number of fused-ring (bicyclic) bond motifs is 2. The molecule has 6 rings (SSSR count). The Morgan fingerprint density at radius 1 is 0.705 bits per heavy atom. The Labute approximate surface area is 280 Å². The maximum atomic E-state index is 5.18. The standard InChI is InChI=1S/2C16H13.C5H8.C4H12OSi.Zr/c2*1-12-10-14-8-5-9-15(16(14)11-12)13-6-3-2-4-7-13;1-3-5-4-2;1-4(2)5-6-3;/h2*2-11H,1H3;3-5H,1H2,2H3;4H,6H2,1-3H3;. The van der Waals surface area contributed by atoms with Gasteiger partial charge in [-0.15, -0.1) is 0 Å². The van der Waals surface area contributed by atoms with Crippen LogP contribution in [0.5, 0.6) is 0 Å². The van der Waals surface area contributed by atoms with E-state index in [1.165, 1.54) is 33.4 Å². The van der Waals surface area contributed by atoms with Crippen LogP contribution in [0.4, 0.5) is 0 Å². The SMILES string of the molecule is C=CC=CC.CC1=Cc2c(-c3ccccc3)cccc2[CH]1[Zr][CH]1C(C)=Cc2c(-c3ccccc3)cccc21.C[SiH2]OC(C)C. The van der Waals surface area contributed by atoms with Crippen LogP contribution in [0, 0.1) is 0 Å². The minimum Gasteiger partial charge on any atom is -0.422 e. The summed E-state index contributed by atoms with van der Waals surface area (Å²) in [6, 6.07) is 35.6. The molecule has 44 heavy (non-hydrogen) atoms. The Morgan fingerprint density at radius 3 is 1.48 bits per heavy atom. The third kappa shape index (κ3) is 8.33. The normalized spacial score (nSPS) is 16.4. The van der Waals surface area contributed by atoms with Crippen molar-refractivity contribution in [2.75, 3.05) is 0 Å². The first-order valence-corrected chi connectivity index (χ1v) is 20.6. The van der Waals surface area contributed by atoms with Crippen LogP contribution in [0.1, 0.15) is 64.1 Å². The molecule has 0 saturated heterocycles. The van der Waals surface area contributed by atoms with Crippen LogP contribution in [-0.4, -0.2) is 15.9 Å². The predicted molar refractivity (Wildman–Crippen MR) is 192 cm³/mol. The summed E-state index contributed by atoms with van der Waals surface area (Å²) >= 11 is -0.835. The van der Waals surface area contributed by atoms with Crippen LogP contribution >= 0.6 is 0 Å². The van der Waals surface area contributed by atoms with Crippen LogP contribution in [0.15, 0.2) is 133 Å². The van der Waals surface area contributed by atoms with E-state index in [2.05, 4.69) is 150 Å². The molecule has 0 heterocycles. The Kier molecular flexibility index (Phi) is 12.9. The van der Waals surface area contributed by atoms with Gasteiger partial charge in [0.25, 0.3) is 0 Å². The molecule has 3 heteroatoms. The van der Waals surface area contributed by atoms with Crippen LogP contribution in [-0.2, 0) is 27.7 Å². The maximum Gasteiger partial charge on any atom is 0.158 e. The van der Waals surface area contributed by atoms with E-state index in [0.29, 0.717) is 13.4 Å². The van der Waals surface area contributed by atoms with E-state index < -0.39 is 23.2 Å². The molecule has 0 bridgehead atoms. The van der Waals surface area contributed by atoms with Gasteiger partial charge in [-0.25, -0.2) is 0 Å². The maximum absolute atomic E-state index is 5.18. The van der Waals surface area contributed by atoms with Gasteiger partial charge in [0.2, 0.25) is 0 Å². The largest absolute Gasteiger partial charge is 0.422 e. The second-order valence-electron chi connectivity index (χ2n) is 11.4. The van der Waals surface area contributed by atoms with Crippen LogP contribution in [0.2, 0.25) is 6.55 Å². The summed E-state index contributed by atoms with van der Waals surface area (Å²) in [5, 5.41) is 0. The average molecular weight is 674 g/mol. The molecule has 224 valence electrons. The number of benzene rings is 4. The van der Waals surface area contributed by atoms with Crippen LogP contribution < -0.4 is 0 Å². The zero-order valence-corrected chi connectivity index (χ0v) is 31.1. The molecule has 2 unspecified atom stereocenters. The molecule has 2 aliphatic carbocycles. The van der Waals surface area contributed by atoms with Gasteiger partial charge in [0, 0.05) is 6.10 Å². The summed E-state index contributed by atoms with van der Waals surface area (Å²) in [7, 11) is -0.133. The fourth-order valence-electron chi connectivity index (χ4n) is 5.92. The molecule has 0 amide bonds. The topological polar surface area (TPSA) is 9.23 Å². The van der Waals surface area contributed by atoms with Crippen molar-refractivity contribution in [1.82, 2.24) is 0 Å². The quantitative estimate of drug-likeness (QED) is 0.140. The first-order valence-electron chi connectivity index (χ1n) is 15.7. The van der Waals surface area contributed by atoms with Crippen molar-refractivity contribution in [3.63, 3.8) is 0 Å². The molecule has 0 saturated carbocycles. The van der Waals surface area contributed by atoms with E-state index >= 15 is 0 Å². The Morgan fingerprint density at radius 2 is 1.16 bits per heavy atom. The molecule has 0 N–H and O–H groups in total. The first kappa shape index (κ1) is 33.8. The van der Waals surface area contributed by atoms with Gasteiger partial charge >= 0.3 is 209 Å². The summed E-state index contributed by atoms with van der Waals surface area (Å²) in [5.41, 5.74) is 14.5. The van der Waals surface area contributed by atoms with Gasteiger partial charge in [-0.2, -0.15) is 0 Å². The smallest absolute Gasteiger partial charge is 0.158 e. The molecule has 4 aromatic rings. The van der Waals surface area contributed by atoms with Gasteiger partial charge in [0.15, 0.2) is 9.76 Å². The molecule has 0 aromatic heterocycles. The van der Waals surface area contributed by atoms with Gasteiger partial charge in [-0.1, -0.05) is 31.4 Å². The molecule has 1 nitrogen and oxygen atoms in total. The zero-order valence-electron chi connectivity index (χ0n) is 27.2. The molecule has 2 atom stereocenters. The van der Waals surface area contributed by atoms with E-state index in [9.17, 15) is 0 Å². The number of allylic oxidation sites excluding steroid dienone is 5. The summed E-state index contributed by atoms with van der Waals surface area (Å²) in [5.74, 6) is 0. The van der Waals surface area contributed by atoms with Gasteiger partial charge in [0.05, 0.1) is 0 Å². The van der Waals surface area contributed by atoms with Crippen molar-refractivity contribution >= 4 is 21.9 Å². The van der Waals surface area contributed by atoms with Gasteiger partial charge in [-0.3, -0.25) is 0 Å². The monoisotopic (exact) mass is 672 g/mol. The van der Waals surface area contributed by atoms with Crippen LogP contribution in [0.3, 0.4) is 0 Å². The summed E-state index contributed by atoms with van der Waals surface area (Å²) < 4.78 is 6.44. The van der Waals surface area contributed by atoms with Crippen molar-refractivity contribution in [2.45, 2.75) is 54.5 Å². The minimum absolute atomic E-state index is 0.133. The van der Waals surface area contributed by atoms with Crippen molar-refractivity contribution < 1.29 is 27.7 Å². The van der Waals surface area contributed by atoms with Crippen molar-refractivity contribution in [1.29, 1.82) is 0 Å². The third-order valence-electron chi connectivity index (χ3n) is 7.89. The third-order valence-corrected chi connectivity index (χ3v) is 14.3. The summed E-state index contributed by atoms with van der Waals surface area (Å²) in [4.78, 5) is 0. The first-order chi connectivity index (χ1) is 21.4. The van der Waals surface area contributed by atoms with E-state index in [1.54, 1.807) is 28.3 Å². The van der Waals surface area contributed by atoms with Gasteiger partial charge in [-0.05, 0) is 20.8 Å². The minimum atomic E-state index is -0.835. The number of hydrogen-bond acceptors (Lipinski definition) is 1. The molecular weight excluding hydrogens is 628 g/mol. The van der Waals surface area contributed by atoms with Crippen LogP contribution in [0.25, 0.3) is 34.4 Å². The molecule has 0 spiro atoms. The second kappa shape index (κ2) is 16.8.